The molecule has 0 N–H and O–H groups in total. The lowest BCUT2D eigenvalue weighted by Gasteiger charge is -2.13. The highest BCUT2D eigenvalue weighted by molar-refractivity contribution is 6.30. The van der Waals surface area contributed by atoms with Gasteiger partial charge in [0.1, 0.15) is 11.5 Å². The van der Waals surface area contributed by atoms with Crippen LogP contribution in [-0.4, -0.2) is 30.0 Å². The zero-order chi connectivity index (χ0) is 30.3. The number of imidazole rings is 1. The molecule has 3 heterocycles. The molecule has 6 aromatic rings. The average Bonchev–Trinajstić information content (AvgIpc) is 3.32. The van der Waals surface area contributed by atoms with Gasteiger partial charge in [0.05, 0.1) is 18.6 Å². The zero-order valence-corrected chi connectivity index (χ0v) is 23.1. The Kier molecular flexibility index (Phi) is 7.14. The highest BCUT2D eigenvalue weighted by atomic mass is 35.5. The summed E-state index contributed by atoms with van der Waals surface area (Å²) in [5.74, 6) is -0.521. The van der Waals surface area contributed by atoms with Crippen LogP contribution in [0.5, 0.6) is 17.5 Å². The van der Waals surface area contributed by atoms with Crippen LogP contribution in [0.15, 0.2) is 94.6 Å². The maximum atomic E-state index is 14.0. The second kappa shape index (κ2) is 11.0. The number of alkyl halides is 3. The first kappa shape index (κ1) is 28.0. The van der Waals surface area contributed by atoms with Crippen molar-refractivity contribution in [2.24, 2.45) is 7.05 Å². The maximum absolute atomic E-state index is 14.0. The van der Waals surface area contributed by atoms with Crippen molar-refractivity contribution in [2.75, 3.05) is 0 Å². The minimum Gasteiger partial charge on any atom is -0.425 e. The molecule has 0 amide bonds. The first-order chi connectivity index (χ1) is 20.6. The van der Waals surface area contributed by atoms with Crippen molar-refractivity contribution in [3.05, 3.63) is 122 Å². The molecule has 0 radical (unpaired) electrons. The van der Waals surface area contributed by atoms with E-state index < -0.39 is 23.4 Å². The van der Waals surface area contributed by atoms with Crippen LogP contribution in [0.25, 0.3) is 22.1 Å². The van der Waals surface area contributed by atoms with Crippen LogP contribution in [0.3, 0.4) is 0 Å². The molecule has 6 rings (SSSR count). The van der Waals surface area contributed by atoms with Crippen molar-refractivity contribution in [3.8, 4) is 17.5 Å². The zero-order valence-electron chi connectivity index (χ0n) is 22.4. The van der Waals surface area contributed by atoms with Gasteiger partial charge in [0.2, 0.25) is 0 Å². The van der Waals surface area contributed by atoms with Crippen molar-refractivity contribution in [2.45, 2.75) is 19.5 Å². The predicted molar refractivity (Wildman–Crippen MR) is 154 cm³/mol. The van der Waals surface area contributed by atoms with Gasteiger partial charge >= 0.3 is 18.1 Å². The van der Waals surface area contributed by atoms with Crippen molar-refractivity contribution in [1.29, 1.82) is 0 Å². The van der Waals surface area contributed by atoms with E-state index in [9.17, 15) is 22.8 Å². The fourth-order valence-corrected chi connectivity index (χ4v) is 4.92. The Morgan fingerprint density at radius 2 is 1.63 bits per heavy atom. The Morgan fingerprint density at radius 1 is 0.884 bits per heavy atom. The summed E-state index contributed by atoms with van der Waals surface area (Å²) in [7, 11) is 1.48. The molecule has 43 heavy (non-hydrogen) atoms. The Labute approximate surface area is 245 Å². The first-order valence-electron chi connectivity index (χ1n) is 12.9. The third kappa shape index (κ3) is 5.69. The van der Waals surface area contributed by atoms with E-state index in [0.717, 1.165) is 27.6 Å². The van der Waals surface area contributed by atoms with E-state index in [2.05, 4.69) is 14.7 Å². The molecule has 0 aliphatic heterocycles. The van der Waals surface area contributed by atoms with Gasteiger partial charge in [-0.2, -0.15) is 4.98 Å². The monoisotopic (exact) mass is 607 g/mol. The predicted octanol–water partition coefficient (Wildman–Crippen LogP) is 5.89. The van der Waals surface area contributed by atoms with Crippen LogP contribution in [-0.2, 0) is 20.1 Å². The molecule has 0 aliphatic rings. The van der Waals surface area contributed by atoms with Gasteiger partial charge < -0.3 is 9.47 Å². The number of hydrogen-bond donors (Lipinski definition) is 0. The lowest BCUT2D eigenvalue weighted by Crippen LogP contribution is -2.40. The largest absolute Gasteiger partial charge is 0.573 e. The summed E-state index contributed by atoms with van der Waals surface area (Å²) in [6, 6.07) is 20.8. The third-order valence-electron chi connectivity index (χ3n) is 6.77. The number of fused-ring (bicyclic) bond motifs is 2. The summed E-state index contributed by atoms with van der Waals surface area (Å²) in [5.41, 5.74) is 1.02. The SMILES string of the molecule is Cn1c(=O)n(Cc2ccnc3ccccc23)c(=O)c2c1nc(Oc1cccc(OC(F)(F)F)c1)n2Cc1ccc(Cl)cc1. The molecule has 13 heteroatoms. The van der Waals surface area contributed by atoms with Gasteiger partial charge in [-0.25, -0.2) is 4.79 Å². The van der Waals surface area contributed by atoms with Gasteiger partial charge in [-0.1, -0.05) is 48.0 Å². The Morgan fingerprint density at radius 3 is 2.40 bits per heavy atom. The molecule has 0 spiro atoms. The number of aromatic nitrogens is 5. The third-order valence-corrected chi connectivity index (χ3v) is 7.02. The lowest BCUT2D eigenvalue weighted by molar-refractivity contribution is -0.274. The number of hydrogen-bond acceptors (Lipinski definition) is 6. The van der Waals surface area contributed by atoms with Crippen LogP contribution in [0.2, 0.25) is 5.02 Å². The van der Waals surface area contributed by atoms with E-state index in [1.807, 2.05) is 24.3 Å². The molecule has 3 aromatic carbocycles. The first-order valence-corrected chi connectivity index (χ1v) is 13.3. The second-order valence-electron chi connectivity index (χ2n) is 9.62. The average molecular weight is 608 g/mol. The Hall–Kier alpha value is -5.10. The standard InChI is InChI=1S/C30H21ClF3N5O4/c1-37-26-25(27(40)39(29(37)41)17-19-13-14-35-24-8-3-2-7-23(19)24)38(16-18-9-11-20(31)12-10-18)28(36-26)42-21-5-4-6-22(15-21)43-30(32,33)34/h2-15H,16-17H2,1H3. The summed E-state index contributed by atoms with van der Waals surface area (Å²) in [6.07, 6.45) is -3.29. The number of nitrogens with zero attached hydrogens (tertiary/aromatic N) is 5. The minimum absolute atomic E-state index is 0.0250. The summed E-state index contributed by atoms with van der Waals surface area (Å²) in [5, 5.41) is 1.30. The quantitative estimate of drug-likeness (QED) is 0.225. The van der Waals surface area contributed by atoms with Crippen LogP contribution >= 0.6 is 11.6 Å². The molecule has 0 atom stereocenters. The minimum atomic E-state index is -4.90. The molecular weight excluding hydrogens is 587 g/mol. The van der Waals surface area contributed by atoms with Gasteiger partial charge in [-0.15, -0.1) is 13.2 Å². The fraction of sp³-hybridized carbons (Fsp3) is 0.133. The molecule has 0 aliphatic carbocycles. The maximum Gasteiger partial charge on any atom is 0.573 e. The van der Waals surface area contributed by atoms with Gasteiger partial charge in [0.15, 0.2) is 11.2 Å². The van der Waals surface area contributed by atoms with Crippen molar-refractivity contribution in [1.82, 2.24) is 23.7 Å². The number of aryl methyl sites for hydroxylation is 1. The molecule has 0 saturated heterocycles. The summed E-state index contributed by atoms with van der Waals surface area (Å²) in [6.45, 7) is 0.0387. The van der Waals surface area contributed by atoms with Crippen LogP contribution in [0, 0.1) is 0 Å². The Balaban J connectivity index is 1.51. The summed E-state index contributed by atoms with van der Waals surface area (Å²) >= 11 is 6.06. The van der Waals surface area contributed by atoms with Crippen molar-refractivity contribution in [3.63, 3.8) is 0 Å². The number of halogens is 4. The normalized spacial score (nSPS) is 11.7. The number of ether oxygens (including phenoxy) is 2. The molecule has 3 aromatic heterocycles. The van der Waals surface area contributed by atoms with E-state index in [0.29, 0.717) is 16.1 Å². The van der Waals surface area contributed by atoms with Gasteiger partial charge in [0.25, 0.3) is 5.56 Å². The highest BCUT2D eigenvalue weighted by Gasteiger charge is 2.31. The fourth-order valence-electron chi connectivity index (χ4n) is 4.79. The van der Waals surface area contributed by atoms with E-state index >= 15 is 0 Å². The van der Waals surface area contributed by atoms with Crippen LogP contribution in [0.1, 0.15) is 11.1 Å². The van der Waals surface area contributed by atoms with E-state index in [1.165, 1.54) is 28.3 Å². The van der Waals surface area contributed by atoms with Crippen molar-refractivity contribution >= 4 is 33.7 Å². The number of pyridine rings is 1. The van der Waals surface area contributed by atoms with Gasteiger partial charge in [-0.05, 0) is 47.5 Å². The molecule has 0 saturated carbocycles. The smallest absolute Gasteiger partial charge is 0.425 e. The topological polar surface area (TPSA) is 93.2 Å². The molecular formula is C30H21ClF3N5O4. The van der Waals surface area contributed by atoms with E-state index in [1.54, 1.807) is 36.5 Å². The van der Waals surface area contributed by atoms with E-state index in [-0.39, 0.29) is 36.0 Å². The van der Waals surface area contributed by atoms with Gasteiger partial charge in [-0.3, -0.25) is 23.5 Å². The van der Waals surface area contributed by atoms with Gasteiger partial charge in [0, 0.05) is 29.7 Å². The molecule has 0 bridgehead atoms. The number of rotatable bonds is 7. The van der Waals surface area contributed by atoms with Crippen LogP contribution in [0.4, 0.5) is 13.2 Å². The Bertz CT molecular complexity index is 2100. The lowest BCUT2D eigenvalue weighted by atomic mass is 10.1. The molecule has 218 valence electrons. The number of benzene rings is 3. The summed E-state index contributed by atoms with van der Waals surface area (Å²) in [4.78, 5) is 36.3. The van der Waals surface area contributed by atoms with Crippen LogP contribution < -0.4 is 20.7 Å². The summed E-state index contributed by atoms with van der Waals surface area (Å²) < 4.78 is 52.2. The number of para-hydroxylation sites is 1. The second-order valence-corrected chi connectivity index (χ2v) is 10.1. The van der Waals surface area contributed by atoms with E-state index in [4.69, 9.17) is 16.3 Å². The van der Waals surface area contributed by atoms with Crippen molar-refractivity contribution < 1.29 is 22.6 Å². The molecule has 9 nitrogen and oxygen atoms in total. The molecule has 0 fully saturated rings. The molecule has 0 unspecified atom stereocenters. The highest BCUT2D eigenvalue weighted by Crippen LogP contribution is 2.30.